The van der Waals surface area contributed by atoms with Crippen molar-refractivity contribution >= 4 is 28.9 Å². The van der Waals surface area contributed by atoms with Crippen molar-refractivity contribution in [2.75, 3.05) is 31.6 Å². The lowest BCUT2D eigenvalue weighted by molar-refractivity contribution is -0.139. The third kappa shape index (κ3) is 5.10. The Bertz CT molecular complexity index is 748. The highest BCUT2D eigenvalue weighted by molar-refractivity contribution is 7.12. The molecule has 1 aromatic carbocycles. The zero-order chi connectivity index (χ0) is 19.2. The minimum absolute atomic E-state index is 0.0696. The number of rotatable bonds is 7. The SMILES string of the molecule is CN(CCC1CN(C(=O)c2cccs2)CCC1CC(=O)O)c1ccccc1. The molecule has 1 aromatic heterocycles. The summed E-state index contributed by atoms with van der Waals surface area (Å²) in [6.45, 7) is 2.11. The summed E-state index contributed by atoms with van der Waals surface area (Å²) in [4.78, 5) is 28.8. The highest BCUT2D eigenvalue weighted by atomic mass is 32.1. The molecule has 5 nitrogen and oxygen atoms in total. The first-order valence-corrected chi connectivity index (χ1v) is 10.2. The number of carbonyl (C=O) groups excluding carboxylic acids is 1. The maximum atomic E-state index is 12.7. The van der Waals surface area contributed by atoms with E-state index in [-0.39, 0.29) is 24.2 Å². The molecule has 0 aliphatic carbocycles. The number of anilines is 1. The van der Waals surface area contributed by atoms with Crippen LogP contribution in [0.5, 0.6) is 0 Å². The van der Waals surface area contributed by atoms with Crippen LogP contribution in [0.3, 0.4) is 0 Å². The van der Waals surface area contributed by atoms with E-state index in [4.69, 9.17) is 0 Å². The van der Waals surface area contributed by atoms with Crippen molar-refractivity contribution in [1.29, 1.82) is 0 Å². The summed E-state index contributed by atoms with van der Waals surface area (Å²) in [6.07, 6.45) is 1.81. The topological polar surface area (TPSA) is 60.9 Å². The molecular formula is C21H26N2O3S. The lowest BCUT2D eigenvalue weighted by atomic mass is 9.81. The van der Waals surface area contributed by atoms with Crippen molar-refractivity contribution in [3.63, 3.8) is 0 Å². The maximum Gasteiger partial charge on any atom is 0.303 e. The van der Waals surface area contributed by atoms with E-state index in [0.717, 1.165) is 30.0 Å². The van der Waals surface area contributed by atoms with Crippen LogP contribution in [-0.2, 0) is 4.79 Å². The molecule has 2 atom stereocenters. The third-order valence-corrected chi connectivity index (χ3v) is 6.24. The zero-order valence-electron chi connectivity index (χ0n) is 15.6. The van der Waals surface area contributed by atoms with Crippen LogP contribution in [0.15, 0.2) is 47.8 Å². The molecule has 0 bridgehead atoms. The minimum atomic E-state index is -0.751. The molecule has 6 heteroatoms. The first-order chi connectivity index (χ1) is 13.0. The van der Waals surface area contributed by atoms with E-state index < -0.39 is 5.97 Å². The Morgan fingerprint density at radius 1 is 1.19 bits per heavy atom. The number of carboxylic acid groups (broad SMARTS) is 1. The largest absolute Gasteiger partial charge is 0.481 e. The fourth-order valence-corrected chi connectivity index (χ4v) is 4.50. The van der Waals surface area contributed by atoms with E-state index in [0.29, 0.717) is 13.1 Å². The summed E-state index contributed by atoms with van der Waals surface area (Å²) in [5.41, 5.74) is 1.15. The van der Waals surface area contributed by atoms with Crippen LogP contribution in [0.25, 0.3) is 0 Å². The van der Waals surface area contributed by atoms with Gasteiger partial charge in [0.05, 0.1) is 4.88 Å². The zero-order valence-corrected chi connectivity index (χ0v) is 16.4. The highest BCUT2D eigenvalue weighted by Gasteiger charge is 2.33. The second kappa shape index (κ2) is 9.04. The Balaban J connectivity index is 1.65. The van der Waals surface area contributed by atoms with Gasteiger partial charge in [-0.1, -0.05) is 24.3 Å². The van der Waals surface area contributed by atoms with Crippen LogP contribution in [0.4, 0.5) is 5.69 Å². The Morgan fingerprint density at radius 3 is 2.63 bits per heavy atom. The van der Waals surface area contributed by atoms with E-state index in [2.05, 4.69) is 24.1 Å². The van der Waals surface area contributed by atoms with Gasteiger partial charge in [0.2, 0.25) is 0 Å². The van der Waals surface area contributed by atoms with Crippen molar-refractivity contribution in [3.8, 4) is 0 Å². The van der Waals surface area contributed by atoms with Gasteiger partial charge >= 0.3 is 5.97 Å². The van der Waals surface area contributed by atoms with E-state index >= 15 is 0 Å². The van der Waals surface area contributed by atoms with Crippen LogP contribution >= 0.6 is 11.3 Å². The summed E-state index contributed by atoms with van der Waals surface area (Å²) in [7, 11) is 2.05. The van der Waals surface area contributed by atoms with E-state index in [9.17, 15) is 14.7 Å². The van der Waals surface area contributed by atoms with Gasteiger partial charge in [-0.15, -0.1) is 11.3 Å². The maximum absolute atomic E-state index is 12.7. The van der Waals surface area contributed by atoms with Crippen LogP contribution in [-0.4, -0.2) is 48.6 Å². The lowest BCUT2D eigenvalue weighted by Crippen LogP contribution is -2.45. The smallest absolute Gasteiger partial charge is 0.303 e. The van der Waals surface area contributed by atoms with E-state index in [1.165, 1.54) is 11.3 Å². The molecular weight excluding hydrogens is 360 g/mol. The summed E-state index contributed by atoms with van der Waals surface area (Å²) < 4.78 is 0. The number of hydrogen-bond acceptors (Lipinski definition) is 4. The fourth-order valence-electron chi connectivity index (χ4n) is 3.81. The van der Waals surface area contributed by atoms with Crippen molar-refractivity contribution in [2.45, 2.75) is 19.3 Å². The first-order valence-electron chi connectivity index (χ1n) is 9.35. The number of benzene rings is 1. The predicted molar refractivity (Wildman–Crippen MR) is 108 cm³/mol. The van der Waals surface area contributed by atoms with E-state index in [1.54, 1.807) is 0 Å². The van der Waals surface area contributed by atoms with Gasteiger partial charge in [-0.05, 0) is 48.3 Å². The Kier molecular flexibility index (Phi) is 6.50. The first kappa shape index (κ1) is 19.4. The monoisotopic (exact) mass is 386 g/mol. The van der Waals surface area contributed by atoms with Gasteiger partial charge in [0.25, 0.3) is 5.91 Å². The Morgan fingerprint density at radius 2 is 1.96 bits per heavy atom. The predicted octanol–water partition coefficient (Wildman–Crippen LogP) is 3.83. The van der Waals surface area contributed by atoms with Gasteiger partial charge in [-0.3, -0.25) is 9.59 Å². The number of nitrogens with zero attached hydrogens (tertiary/aromatic N) is 2. The number of carboxylic acids is 1. The number of carbonyl (C=O) groups is 2. The molecule has 0 spiro atoms. The van der Waals surface area contributed by atoms with Gasteiger partial charge in [-0.2, -0.15) is 0 Å². The molecule has 1 saturated heterocycles. The minimum Gasteiger partial charge on any atom is -0.481 e. The molecule has 3 rings (SSSR count). The van der Waals surface area contributed by atoms with Crippen LogP contribution < -0.4 is 4.90 Å². The molecule has 2 unspecified atom stereocenters. The molecule has 27 heavy (non-hydrogen) atoms. The second-order valence-electron chi connectivity index (χ2n) is 7.18. The van der Waals surface area contributed by atoms with Gasteiger partial charge < -0.3 is 14.9 Å². The number of thiophene rings is 1. The molecule has 1 fully saturated rings. The summed E-state index contributed by atoms with van der Waals surface area (Å²) in [5, 5.41) is 11.2. The molecule has 2 heterocycles. The summed E-state index contributed by atoms with van der Waals surface area (Å²) in [5.74, 6) is -0.358. The molecule has 1 amide bonds. The molecule has 1 N–H and O–H groups in total. The van der Waals surface area contributed by atoms with Crippen LogP contribution in [0.1, 0.15) is 28.9 Å². The van der Waals surface area contributed by atoms with Crippen molar-refractivity contribution in [2.24, 2.45) is 11.8 Å². The molecule has 0 saturated carbocycles. The van der Waals surface area contributed by atoms with Gasteiger partial charge in [-0.25, -0.2) is 0 Å². The summed E-state index contributed by atoms with van der Waals surface area (Å²) in [6, 6.07) is 13.9. The number of aliphatic carboxylic acids is 1. The highest BCUT2D eigenvalue weighted by Crippen LogP contribution is 2.31. The average molecular weight is 387 g/mol. The van der Waals surface area contributed by atoms with Crippen LogP contribution in [0, 0.1) is 11.8 Å². The number of piperidine rings is 1. The number of hydrogen-bond donors (Lipinski definition) is 1. The Hall–Kier alpha value is -2.34. The number of para-hydroxylation sites is 1. The molecule has 144 valence electrons. The number of amides is 1. The van der Waals surface area contributed by atoms with Crippen molar-refractivity contribution < 1.29 is 14.7 Å². The summed E-state index contributed by atoms with van der Waals surface area (Å²) >= 11 is 1.46. The quantitative estimate of drug-likeness (QED) is 0.786. The lowest BCUT2D eigenvalue weighted by Gasteiger charge is -2.39. The normalized spacial score (nSPS) is 19.7. The second-order valence-corrected chi connectivity index (χ2v) is 8.13. The average Bonchev–Trinajstić information content (AvgIpc) is 3.21. The molecule has 2 aromatic rings. The fraction of sp³-hybridized carbons (Fsp3) is 0.429. The van der Waals surface area contributed by atoms with Crippen molar-refractivity contribution in [3.05, 3.63) is 52.7 Å². The van der Waals surface area contributed by atoms with Crippen molar-refractivity contribution in [1.82, 2.24) is 4.90 Å². The van der Waals surface area contributed by atoms with E-state index in [1.807, 2.05) is 40.6 Å². The number of likely N-dealkylation sites (tertiary alicyclic amines) is 1. The van der Waals surface area contributed by atoms with Gasteiger partial charge in [0.15, 0.2) is 0 Å². The molecule has 1 aliphatic heterocycles. The Labute approximate surface area is 164 Å². The third-order valence-electron chi connectivity index (χ3n) is 5.38. The molecule has 1 aliphatic rings. The molecule has 0 radical (unpaired) electrons. The van der Waals surface area contributed by atoms with Gasteiger partial charge in [0.1, 0.15) is 0 Å². The standard InChI is InChI=1S/C21H26N2O3S/c1-22(18-6-3-2-4-7-18)11-9-17-15-23(12-10-16(17)14-20(24)25)21(26)19-8-5-13-27-19/h2-8,13,16-17H,9-12,14-15H2,1H3,(H,24,25). The van der Waals surface area contributed by atoms with Crippen LogP contribution in [0.2, 0.25) is 0 Å². The van der Waals surface area contributed by atoms with Gasteiger partial charge in [0, 0.05) is 38.8 Å².